The monoisotopic (exact) mass is 506 g/mol. The average Bonchev–Trinajstić information content (AvgIpc) is 2.89. The van der Waals surface area contributed by atoms with Gasteiger partial charge in [0.2, 0.25) is 5.82 Å². The van der Waals surface area contributed by atoms with Crippen molar-refractivity contribution >= 4 is 0 Å². The number of aliphatic hydroxyl groups is 1. The van der Waals surface area contributed by atoms with Crippen LogP contribution in [-0.4, -0.2) is 11.7 Å². The van der Waals surface area contributed by atoms with Crippen molar-refractivity contribution in [2.75, 3.05) is 6.61 Å². The Kier molecular flexibility index (Phi) is 8.97. The molecular formula is C30H38F4O2. The van der Waals surface area contributed by atoms with Crippen LogP contribution >= 0.6 is 0 Å². The highest BCUT2D eigenvalue weighted by Crippen LogP contribution is 2.47. The Morgan fingerprint density at radius 2 is 1.22 bits per heavy atom. The third kappa shape index (κ3) is 5.58. The maximum atomic E-state index is 14.9. The molecule has 2 aromatic rings. The van der Waals surface area contributed by atoms with E-state index < -0.39 is 29.4 Å². The molecule has 1 unspecified atom stereocenters. The number of halogens is 4. The van der Waals surface area contributed by atoms with Crippen LogP contribution in [-0.2, 0) is 0 Å². The SMILES string of the molecule is CCCC(O)c1ccc(C2CCC(C3CCC(c4ccc(OCC)c(F)c4F)CC3)CC2)c(F)c1F. The Morgan fingerprint density at radius 3 is 1.72 bits per heavy atom. The number of hydrogen-bond donors (Lipinski definition) is 1. The van der Waals surface area contributed by atoms with E-state index in [0.717, 1.165) is 51.4 Å². The number of hydrogen-bond acceptors (Lipinski definition) is 2. The largest absolute Gasteiger partial charge is 0.491 e. The van der Waals surface area contributed by atoms with Crippen LogP contribution in [0.25, 0.3) is 0 Å². The Hall–Kier alpha value is -2.08. The lowest BCUT2D eigenvalue weighted by Gasteiger charge is -2.38. The topological polar surface area (TPSA) is 29.5 Å². The van der Waals surface area contributed by atoms with Crippen molar-refractivity contribution in [3.05, 3.63) is 64.2 Å². The molecule has 0 bridgehead atoms. The van der Waals surface area contributed by atoms with Crippen molar-refractivity contribution in [2.24, 2.45) is 11.8 Å². The van der Waals surface area contributed by atoms with E-state index in [-0.39, 0.29) is 29.8 Å². The fourth-order valence-electron chi connectivity index (χ4n) is 6.51. The van der Waals surface area contributed by atoms with Crippen LogP contribution in [0.2, 0.25) is 0 Å². The van der Waals surface area contributed by atoms with Crippen molar-refractivity contribution in [3.63, 3.8) is 0 Å². The molecule has 2 aromatic carbocycles. The van der Waals surface area contributed by atoms with E-state index in [2.05, 4.69) is 0 Å². The molecule has 0 saturated heterocycles. The van der Waals surface area contributed by atoms with Gasteiger partial charge in [0.15, 0.2) is 23.2 Å². The molecule has 0 aromatic heterocycles. The van der Waals surface area contributed by atoms with Gasteiger partial charge in [-0.2, -0.15) is 4.39 Å². The summed E-state index contributed by atoms with van der Waals surface area (Å²) >= 11 is 0. The fourth-order valence-corrected chi connectivity index (χ4v) is 6.51. The minimum Gasteiger partial charge on any atom is -0.491 e. The van der Waals surface area contributed by atoms with Crippen LogP contribution in [0.4, 0.5) is 17.6 Å². The van der Waals surface area contributed by atoms with E-state index in [1.807, 2.05) is 6.92 Å². The number of ether oxygens (including phenoxy) is 1. The van der Waals surface area contributed by atoms with Gasteiger partial charge >= 0.3 is 0 Å². The lowest BCUT2D eigenvalue weighted by atomic mass is 9.67. The van der Waals surface area contributed by atoms with Crippen molar-refractivity contribution < 1.29 is 27.4 Å². The molecule has 4 rings (SSSR count). The predicted octanol–water partition coefficient (Wildman–Crippen LogP) is 8.72. The molecule has 1 atom stereocenters. The first-order chi connectivity index (χ1) is 17.3. The first-order valence-corrected chi connectivity index (χ1v) is 13.6. The molecule has 198 valence electrons. The Labute approximate surface area is 212 Å². The second-order valence-electron chi connectivity index (χ2n) is 10.6. The molecule has 2 nitrogen and oxygen atoms in total. The van der Waals surface area contributed by atoms with Gasteiger partial charge in [-0.05, 0) is 106 Å². The fraction of sp³-hybridized carbons (Fsp3) is 0.600. The molecule has 0 amide bonds. The van der Waals surface area contributed by atoms with Crippen LogP contribution in [0.15, 0.2) is 24.3 Å². The summed E-state index contributed by atoms with van der Waals surface area (Å²) in [6.07, 6.45) is 7.30. The molecule has 0 aliphatic heterocycles. The summed E-state index contributed by atoms with van der Waals surface area (Å²) in [4.78, 5) is 0. The molecule has 1 N–H and O–H groups in total. The van der Waals surface area contributed by atoms with E-state index in [9.17, 15) is 22.7 Å². The minimum atomic E-state index is -0.975. The smallest absolute Gasteiger partial charge is 0.200 e. The quantitative estimate of drug-likeness (QED) is 0.363. The molecule has 2 aliphatic rings. The summed E-state index contributed by atoms with van der Waals surface area (Å²) in [7, 11) is 0. The molecule has 0 spiro atoms. The van der Waals surface area contributed by atoms with Gasteiger partial charge in [0.1, 0.15) is 0 Å². The van der Waals surface area contributed by atoms with Crippen LogP contribution in [0.5, 0.6) is 5.75 Å². The Balaban J connectivity index is 1.33. The molecule has 2 saturated carbocycles. The van der Waals surface area contributed by atoms with Gasteiger partial charge in [-0.3, -0.25) is 0 Å². The predicted molar refractivity (Wildman–Crippen MR) is 133 cm³/mol. The first-order valence-electron chi connectivity index (χ1n) is 13.6. The molecule has 36 heavy (non-hydrogen) atoms. The summed E-state index contributed by atoms with van der Waals surface area (Å²) in [6.45, 7) is 3.93. The standard InChI is InChI=1S/C30H38F4O2/c1-3-5-25(35)24-15-14-22(27(31)29(24)33)20-10-6-18(7-11-20)19-8-12-21(13-9-19)23-16-17-26(36-4-2)30(34)28(23)32/h14-21,25,35H,3-13H2,1-2H3. The summed E-state index contributed by atoms with van der Waals surface area (Å²) in [6, 6.07) is 6.40. The second kappa shape index (κ2) is 12.0. The van der Waals surface area contributed by atoms with Crippen molar-refractivity contribution in [2.45, 2.75) is 96.0 Å². The third-order valence-electron chi connectivity index (χ3n) is 8.53. The summed E-state index contributed by atoms with van der Waals surface area (Å²) in [5.74, 6) is -2.37. The summed E-state index contributed by atoms with van der Waals surface area (Å²) in [5, 5.41) is 10.1. The highest BCUT2D eigenvalue weighted by molar-refractivity contribution is 5.33. The molecule has 0 heterocycles. The molecular weight excluding hydrogens is 468 g/mol. The second-order valence-corrected chi connectivity index (χ2v) is 10.6. The zero-order valence-corrected chi connectivity index (χ0v) is 21.3. The van der Waals surface area contributed by atoms with Crippen LogP contribution in [0, 0.1) is 35.1 Å². The Morgan fingerprint density at radius 1 is 0.722 bits per heavy atom. The van der Waals surface area contributed by atoms with E-state index in [1.165, 1.54) is 6.07 Å². The van der Waals surface area contributed by atoms with E-state index in [1.54, 1.807) is 25.1 Å². The highest BCUT2D eigenvalue weighted by atomic mass is 19.2. The van der Waals surface area contributed by atoms with Crippen molar-refractivity contribution in [3.8, 4) is 5.75 Å². The zero-order valence-electron chi connectivity index (χ0n) is 21.3. The molecule has 2 aliphatic carbocycles. The maximum absolute atomic E-state index is 14.9. The number of benzene rings is 2. The number of aliphatic hydroxyl groups excluding tert-OH is 1. The lowest BCUT2D eigenvalue weighted by Crippen LogP contribution is -2.25. The molecule has 6 heteroatoms. The van der Waals surface area contributed by atoms with Gasteiger partial charge < -0.3 is 9.84 Å². The summed E-state index contributed by atoms with van der Waals surface area (Å²) in [5.41, 5.74) is 0.922. The Bertz CT molecular complexity index is 1020. The average molecular weight is 507 g/mol. The molecule has 0 radical (unpaired) electrons. The maximum Gasteiger partial charge on any atom is 0.200 e. The lowest BCUT2D eigenvalue weighted by molar-refractivity contribution is 0.160. The third-order valence-corrected chi connectivity index (χ3v) is 8.53. The molecule has 2 fully saturated rings. The van der Waals surface area contributed by atoms with Crippen molar-refractivity contribution in [1.29, 1.82) is 0 Å². The van der Waals surface area contributed by atoms with E-state index in [0.29, 0.717) is 35.8 Å². The van der Waals surface area contributed by atoms with Gasteiger partial charge in [0.25, 0.3) is 0 Å². The van der Waals surface area contributed by atoms with Gasteiger partial charge in [0, 0.05) is 5.56 Å². The summed E-state index contributed by atoms with van der Waals surface area (Å²) < 4.78 is 63.7. The van der Waals surface area contributed by atoms with Crippen LogP contribution in [0.1, 0.15) is 113 Å². The van der Waals surface area contributed by atoms with Gasteiger partial charge in [-0.25, -0.2) is 13.2 Å². The van der Waals surface area contributed by atoms with Gasteiger partial charge in [0.05, 0.1) is 12.7 Å². The zero-order chi connectivity index (χ0) is 25.8. The van der Waals surface area contributed by atoms with E-state index >= 15 is 0 Å². The van der Waals surface area contributed by atoms with Gasteiger partial charge in [-0.15, -0.1) is 0 Å². The highest BCUT2D eigenvalue weighted by Gasteiger charge is 2.34. The first kappa shape index (κ1) is 27.0. The van der Waals surface area contributed by atoms with Gasteiger partial charge in [-0.1, -0.05) is 31.5 Å². The van der Waals surface area contributed by atoms with Crippen molar-refractivity contribution in [1.82, 2.24) is 0 Å². The number of rotatable bonds is 8. The normalized spacial score (nSPS) is 25.5. The minimum absolute atomic E-state index is 0.00891. The van der Waals surface area contributed by atoms with E-state index in [4.69, 9.17) is 4.74 Å². The van der Waals surface area contributed by atoms with Crippen LogP contribution in [0.3, 0.4) is 0 Å². The van der Waals surface area contributed by atoms with Crippen LogP contribution < -0.4 is 4.74 Å².